The summed E-state index contributed by atoms with van der Waals surface area (Å²) in [5.41, 5.74) is 5.51. The smallest absolute Gasteiger partial charge is 0.329 e. The van der Waals surface area contributed by atoms with E-state index in [0.717, 1.165) is 25.8 Å². The minimum atomic E-state index is -4.07. The maximum absolute atomic E-state index is 13.0. The molecular formula is C14H25F3N2. The van der Waals surface area contributed by atoms with E-state index < -0.39 is 17.6 Å². The van der Waals surface area contributed by atoms with Gasteiger partial charge in [0.05, 0.1) is 5.92 Å². The van der Waals surface area contributed by atoms with Gasteiger partial charge in [0, 0.05) is 18.1 Å². The third-order valence-corrected chi connectivity index (χ3v) is 5.08. The predicted octanol–water partition coefficient (Wildman–Crippen LogP) is 3.31. The molecule has 2 fully saturated rings. The molecule has 0 radical (unpaired) electrons. The van der Waals surface area contributed by atoms with Gasteiger partial charge in [0.2, 0.25) is 0 Å². The second kappa shape index (κ2) is 5.60. The van der Waals surface area contributed by atoms with Crippen molar-refractivity contribution in [2.75, 3.05) is 13.1 Å². The van der Waals surface area contributed by atoms with Crippen molar-refractivity contribution in [1.29, 1.82) is 0 Å². The van der Waals surface area contributed by atoms with E-state index in [1.807, 2.05) is 0 Å². The Balaban J connectivity index is 2.16. The van der Waals surface area contributed by atoms with Crippen molar-refractivity contribution in [3.05, 3.63) is 0 Å². The number of nitrogens with two attached hydrogens (primary N) is 1. The summed E-state index contributed by atoms with van der Waals surface area (Å²) in [4.78, 5) is 2.29. The number of hydrogen-bond donors (Lipinski definition) is 1. The predicted molar refractivity (Wildman–Crippen MR) is 69.8 cm³/mol. The summed E-state index contributed by atoms with van der Waals surface area (Å²) in [7, 11) is 0. The van der Waals surface area contributed by atoms with Gasteiger partial charge in [-0.05, 0) is 45.6 Å². The van der Waals surface area contributed by atoms with E-state index in [1.54, 1.807) is 0 Å². The number of rotatable bonds is 2. The van der Waals surface area contributed by atoms with E-state index in [0.29, 0.717) is 19.0 Å². The van der Waals surface area contributed by atoms with E-state index in [2.05, 4.69) is 11.8 Å². The summed E-state index contributed by atoms with van der Waals surface area (Å²) in [6, 6.07) is 0.365. The molecule has 0 bridgehead atoms. The number of halogens is 3. The highest BCUT2D eigenvalue weighted by Gasteiger charge is 2.50. The van der Waals surface area contributed by atoms with Crippen LogP contribution in [0.4, 0.5) is 13.2 Å². The molecule has 2 rings (SSSR count). The number of piperidine rings is 1. The number of alkyl halides is 3. The molecule has 0 aromatic rings. The summed E-state index contributed by atoms with van der Waals surface area (Å²) in [5.74, 6) is -1.17. The Hall–Kier alpha value is -0.290. The quantitative estimate of drug-likeness (QED) is 0.839. The molecule has 112 valence electrons. The fourth-order valence-electron chi connectivity index (χ4n) is 3.99. The monoisotopic (exact) mass is 278 g/mol. The molecule has 3 atom stereocenters. The van der Waals surface area contributed by atoms with E-state index in [-0.39, 0.29) is 12.8 Å². The molecule has 19 heavy (non-hydrogen) atoms. The van der Waals surface area contributed by atoms with Crippen molar-refractivity contribution in [3.8, 4) is 0 Å². The fraction of sp³-hybridized carbons (Fsp3) is 1.00. The van der Waals surface area contributed by atoms with Crippen LogP contribution >= 0.6 is 0 Å². The average molecular weight is 278 g/mol. The SMILES string of the molecule is CC1CCCCN1C1(CN)CCCC(C(F)(F)F)C1. The average Bonchev–Trinajstić information content (AvgIpc) is 2.38. The van der Waals surface area contributed by atoms with Crippen molar-refractivity contribution < 1.29 is 13.2 Å². The summed E-state index contributed by atoms with van der Waals surface area (Å²) < 4.78 is 39.1. The van der Waals surface area contributed by atoms with Crippen molar-refractivity contribution in [2.24, 2.45) is 11.7 Å². The lowest BCUT2D eigenvalue weighted by Crippen LogP contribution is -2.61. The van der Waals surface area contributed by atoms with Gasteiger partial charge in [-0.25, -0.2) is 0 Å². The van der Waals surface area contributed by atoms with Crippen LogP contribution in [0.15, 0.2) is 0 Å². The first-order valence-corrected chi connectivity index (χ1v) is 7.42. The Morgan fingerprint density at radius 3 is 2.53 bits per heavy atom. The van der Waals surface area contributed by atoms with Crippen LogP contribution in [0, 0.1) is 5.92 Å². The number of nitrogens with zero attached hydrogens (tertiary/aromatic N) is 1. The van der Waals surface area contributed by atoms with Crippen LogP contribution in [0.1, 0.15) is 51.9 Å². The largest absolute Gasteiger partial charge is 0.391 e. The zero-order valence-electron chi connectivity index (χ0n) is 11.7. The van der Waals surface area contributed by atoms with Gasteiger partial charge in [-0.2, -0.15) is 13.2 Å². The van der Waals surface area contributed by atoms with Gasteiger partial charge in [-0.1, -0.05) is 12.8 Å². The molecule has 2 nitrogen and oxygen atoms in total. The lowest BCUT2D eigenvalue weighted by molar-refractivity contribution is -0.195. The molecule has 0 amide bonds. The minimum absolute atomic E-state index is 0.192. The van der Waals surface area contributed by atoms with Crippen molar-refractivity contribution >= 4 is 0 Å². The highest BCUT2D eigenvalue weighted by molar-refractivity contribution is 5.00. The van der Waals surface area contributed by atoms with Gasteiger partial charge < -0.3 is 5.73 Å². The van der Waals surface area contributed by atoms with Crippen LogP contribution in [-0.4, -0.2) is 35.7 Å². The molecule has 0 aromatic heterocycles. The molecule has 1 saturated carbocycles. The maximum atomic E-state index is 13.0. The topological polar surface area (TPSA) is 29.3 Å². The van der Waals surface area contributed by atoms with Crippen LogP contribution in [0.3, 0.4) is 0 Å². The molecule has 1 aliphatic heterocycles. The third-order valence-electron chi connectivity index (χ3n) is 5.08. The first-order chi connectivity index (χ1) is 8.89. The summed E-state index contributed by atoms with van der Waals surface area (Å²) in [6.07, 6.45) is 1.21. The van der Waals surface area contributed by atoms with E-state index in [4.69, 9.17) is 5.73 Å². The second-order valence-electron chi connectivity index (χ2n) is 6.30. The molecule has 2 N–H and O–H groups in total. The summed E-state index contributed by atoms with van der Waals surface area (Å²) in [5, 5.41) is 0. The standard InChI is InChI=1S/C14H25F3N2/c1-11-5-2-3-8-19(11)13(10-18)7-4-6-12(9-13)14(15,16)17/h11-12H,2-10,18H2,1H3. The first-order valence-electron chi connectivity index (χ1n) is 7.42. The summed E-state index contributed by atoms with van der Waals surface area (Å²) in [6.45, 7) is 3.39. The van der Waals surface area contributed by atoms with Crippen molar-refractivity contribution in [3.63, 3.8) is 0 Å². The molecular weight excluding hydrogens is 253 g/mol. The van der Waals surface area contributed by atoms with Gasteiger partial charge in [-0.15, -0.1) is 0 Å². The zero-order chi connectivity index (χ0) is 14.1. The van der Waals surface area contributed by atoms with Gasteiger partial charge in [-0.3, -0.25) is 4.90 Å². The Bertz CT molecular complexity index is 306. The molecule has 5 heteroatoms. The van der Waals surface area contributed by atoms with Crippen molar-refractivity contribution in [2.45, 2.75) is 69.6 Å². The molecule has 1 aliphatic carbocycles. The minimum Gasteiger partial charge on any atom is -0.329 e. The maximum Gasteiger partial charge on any atom is 0.391 e. The summed E-state index contributed by atoms with van der Waals surface area (Å²) >= 11 is 0. The van der Waals surface area contributed by atoms with E-state index in [9.17, 15) is 13.2 Å². The first kappa shape index (κ1) is 15.1. The highest BCUT2D eigenvalue weighted by atomic mass is 19.4. The molecule has 1 heterocycles. The Morgan fingerprint density at radius 2 is 1.95 bits per heavy atom. The van der Waals surface area contributed by atoms with E-state index in [1.165, 1.54) is 6.42 Å². The highest BCUT2D eigenvalue weighted by Crippen LogP contribution is 2.45. The lowest BCUT2D eigenvalue weighted by atomic mass is 9.73. The van der Waals surface area contributed by atoms with Crippen LogP contribution in [0.25, 0.3) is 0 Å². The molecule has 1 saturated heterocycles. The Kier molecular flexibility index (Phi) is 4.45. The lowest BCUT2D eigenvalue weighted by Gasteiger charge is -2.52. The van der Waals surface area contributed by atoms with Crippen LogP contribution in [0.2, 0.25) is 0 Å². The van der Waals surface area contributed by atoms with Crippen LogP contribution < -0.4 is 5.73 Å². The van der Waals surface area contributed by atoms with Gasteiger partial charge in [0.25, 0.3) is 0 Å². The second-order valence-corrected chi connectivity index (χ2v) is 6.30. The molecule has 0 spiro atoms. The van der Waals surface area contributed by atoms with Crippen LogP contribution in [0.5, 0.6) is 0 Å². The molecule has 2 aliphatic rings. The number of hydrogen-bond acceptors (Lipinski definition) is 2. The van der Waals surface area contributed by atoms with Gasteiger partial charge in [0.15, 0.2) is 0 Å². The zero-order valence-corrected chi connectivity index (χ0v) is 11.7. The third kappa shape index (κ3) is 3.07. The van der Waals surface area contributed by atoms with Crippen molar-refractivity contribution in [1.82, 2.24) is 4.90 Å². The fourth-order valence-corrected chi connectivity index (χ4v) is 3.99. The Morgan fingerprint density at radius 1 is 1.21 bits per heavy atom. The normalized spacial score (nSPS) is 38.4. The molecule has 0 aromatic carbocycles. The van der Waals surface area contributed by atoms with Crippen LogP contribution in [-0.2, 0) is 0 Å². The van der Waals surface area contributed by atoms with Gasteiger partial charge in [0.1, 0.15) is 0 Å². The molecule has 3 unspecified atom stereocenters. The van der Waals surface area contributed by atoms with E-state index >= 15 is 0 Å². The van der Waals surface area contributed by atoms with Gasteiger partial charge >= 0.3 is 6.18 Å². The number of likely N-dealkylation sites (tertiary alicyclic amines) is 1. The Labute approximate surface area is 113 Å².